The molecule has 0 saturated carbocycles. The van der Waals surface area contributed by atoms with E-state index in [0.717, 1.165) is 30.3 Å². The Kier molecular flexibility index (Phi) is 3.02. The molecule has 1 saturated heterocycles. The predicted octanol–water partition coefficient (Wildman–Crippen LogP) is 1.13. The van der Waals surface area contributed by atoms with Gasteiger partial charge >= 0.3 is 0 Å². The van der Waals surface area contributed by atoms with E-state index in [4.69, 9.17) is 5.26 Å². The highest BCUT2D eigenvalue weighted by molar-refractivity contribution is 7.85. The summed E-state index contributed by atoms with van der Waals surface area (Å²) in [5, 5.41) is 8.79. The van der Waals surface area contributed by atoms with Crippen LogP contribution in [-0.4, -0.2) is 28.8 Å². The molecule has 1 heterocycles. The number of benzene rings is 1. The third kappa shape index (κ3) is 2.37. The van der Waals surface area contributed by atoms with Crippen LogP contribution in [0, 0.1) is 11.3 Å². The lowest BCUT2D eigenvalue weighted by Crippen LogP contribution is -2.37. The van der Waals surface area contributed by atoms with Gasteiger partial charge in [0.15, 0.2) is 0 Å². The first-order chi connectivity index (χ1) is 7.29. The van der Waals surface area contributed by atoms with E-state index >= 15 is 0 Å². The second-order valence-corrected chi connectivity index (χ2v) is 5.19. The maximum absolute atomic E-state index is 11.2. The smallest absolute Gasteiger partial charge is 0.0992 e. The zero-order chi connectivity index (χ0) is 10.7. The van der Waals surface area contributed by atoms with E-state index in [-0.39, 0.29) is 0 Å². The molecule has 0 amide bonds. The van der Waals surface area contributed by atoms with Crippen molar-refractivity contribution in [1.82, 2.24) is 0 Å². The fourth-order valence-corrected chi connectivity index (χ4v) is 2.72. The first-order valence-corrected chi connectivity index (χ1v) is 6.38. The standard InChI is InChI=1S/C11H12N2OS/c12-9-10-2-1-3-11(8-10)13-4-6-15(14)7-5-13/h1-3,8H,4-7H2. The zero-order valence-corrected chi connectivity index (χ0v) is 9.17. The van der Waals surface area contributed by atoms with Crippen molar-refractivity contribution in [3.05, 3.63) is 29.8 Å². The largest absolute Gasteiger partial charge is 0.370 e. The first kappa shape index (κ1) is 10.2. The molecule has 3 nitrogen and oxygen atoms in total. The minimum Gasteiger partial charge on any atom is -0.370 e. The van der Waals surface area contributed by atoms with Crippen LogP contribution in [0.25, 0.3) is 0 Å². The Morgan fingerprint density at radius 2 is 2.07 bits per heavy atom. The minimum atomic E-state index is -0.648. The summed E-state index contributed by atoms with van der Waals surface area (Å²) in [6, 6.07) is 9.69. The molecule has 1 aromatic carbocycles. The number of nitriles is 1. The lowest BCUT2D eigenvalue weighted by Gasteiger charge is -2.28. The van der Waals surface area contributed by atoms with Crippen LogP contribution in [0.2, 0.25) is 0 Å². The predicted molar refractivity (Wildman–Crippen MR) is 61.2 cm³/mol. The SMILES string of the molecule is N#Cc1cccc(N2CCS(=O)CC2)c1. The van der Waals surface area contributed by atoms with Gasteiger partial charge in [-0.05, 0) is 18.2 Å². The third-order valence-corrected chi connectivity index (χ3v) is 3.79. The van der Waals surface area contributed by atoms with Crippen LogP contribution in [0.1, 0.15) is 5.56 Å². The van der Waals surface area contributed by atoms with Crippen molar-refractivity contribution in [2.75, 3.05) is 29.5 Å². The summed E-state index contributed by atoms with van der Waals surface area (Å²) in [6.07, 6.45) is 0. The second kappa shape index (κ2) is 4.45. The van der Waals surface area contributed by atoms with E-state index in [2.05, 4.69) is 11.0 Å². The molecule has 0 radical (unpaired) electrons. The molecule has 0 bridgehead atoms. The summed E-state index contributed by atoms with van der Waals surface area (Å²) < 4.78 is 11.2. The average molecular weight is 220 g/mol. The molecule has 0 aliphatic carbocycles. The van der Waals surface area contributed by atoms with Crippen molar-refractivity contribution in [3.8, 4) is 6.07 Å². The number of anilines is 1. The topological polar surface area (TPSA) is 44.1 Å². The average Bonchev–Trinajstić information content (AvgIpc) is 2.30. The fourth-order valence-electron chi connectivity index (χ4n) is 1.67. The minimum absolute atomic E-state index is 0.648. The Labute approximate surface area is 91.8 Å². The van der Waals surface area contributed by atoms with Crippen LogP contribution in [-0.2, 0) is 10.8 Å². The maximum Gasteiger partial charge on any atom is 0.0992 e. The highest BCUT2D eigenvalue weighted by Crippen LogP contribution is 2.17. The van der Waals surface area contributed by atoms with Crippen LogP contribution in [0.5, 0.6) is 0 Å². The molecule has 0 aromatic heterocycles. The molecular formula is C11H12N2OS. The number of hydrogen-bond acceptors (Lipinski definition) is 3. The second-order valence-electron chi connectivity index (χ2n) is 3.50. The van der Waals surface area contributed by atoms with E-state index in [0.29, 0.717) is 5.56 Å². The van der Waals surface area contributed by atoms with Crippen LogP contribution in [0.15, 0.2) is 24.3 Å². The Morgan fingerprint density at radius 3 is 2.73 bits per heavy atom. The summed E-state index contributed by atoms with van der Waals surface area (Å²) >= 11 is 0. The van der Waals surface area contributed by atoms with Gasteiger partial charge in [-0.3, -0.25) is 4.21 Å². The van der Waals surface area contributed by atoms with Gasteiger partial charge in [-0.1, -0.05) is 6.07 Å². The summed E-state index contributed by atoms with van der Waals surface area (Å²) in [5.74, 6) is 1.47. The Hall–Kier alpha value is -1.34. The molecule has 78 valence electrons. The van der Waals surface area contributed by atoms with Gasteiger partial charge in [0.1, 0.15) is 0 Å². The van der Waals surface area contributed by atoms with Crippen molar-refractivity contribution in [1.29, 1.82) is 5.26 Å². The molecule has 1 aliphatic heterocycles. The molecular weight excluding hydrogens is 208 g/mol. The van der Waals surface area contributed by atoms with E-state index in [1.165, 1.54) is 0 Å². The normalized spacial score (nSPS) is 17.4. The number of hydrogen-bond donors (Lipinski definition) is 0. The summed E-state index contributed by atoms with van der Waals surface area (Å²) in [6.45, 7) is 1.64. The highest BCUT2D eigenvalue weighted by atomic mass is 32.2. The number of rotatable bonds is 1. The quantitative estimate of drug-likeness (QED) is 0.712. The van der Waals surface area contributed by atoms with Gasteiger partial charge in [0.05, 0.1) is 11.6 Å². The van der Waals surface area contributed by atoms with Crippen molar-refractivity contribution in [2.24, 2.45) is 0 Å². The lowest BCUT2D eigenvalue weighted by molar-refractivity contribution is 0.673. The molecule has 0 unspecified atom stereocenters. The summed E-state index contributed by atoms with van der Waals surface area (Å²) in [4.78, 5) is 2.18. The molecule has 1 aliphatic rings. The Morgan fingerprint density at radius 1 is 1.33 bits per heavy atom. The van der Waals surface area contributed by atoms with E-state index in [1.807, 2.05) is 18.2 Å². The van der Waals surface area contributed by atoms with Crippen LogP contribution >= 0.6 is 0 Å². The maximum atomic E-state index is 11.2. The van der Waals surface area contributed by atoms with E-state index in [9.17, 15) is 4.21 Å². The van der Waals surface area contributed by atoms with Crippen molar-refractivity contribution < 1.29 is 4.21 Å². The Balaban J connectivity index is 2.16. The molecule has 4 heteroatoms. The van der Waals surface area contributed by atoms with Gasteiger partial charge in [-0.25, -0.2) is 0 Å². The molecule has 0 atom stereocenters. The van der Waals surface area contributed by atoms with Crippen molar-refractivity contribution in [2.45, 2.75) is 0 Å². The highest BCUT2D eigenvalue weighted by Gasteiger charge is 2.15. The van der Waals surface area contributed by atoms with E-state index < -0.39 is 10.8 Å². The molecule has 1 aromatic rings. The zero-order valence-electron chi connectivity index (χ0n) is 8.35. The van der Waals surface area contributed by atoms with Gasteiger partial charge in [0, 0.05) is 41.1 Å². The van der Waals surface area contributed by atoms with E-state index in [1.54, 1.807) is 6.07 Å². The molecule has 15 heavy (non-hydrogen) atoms. The van der Waals surface area contributed by atoms with Crippen molar-refractivity contribution in [3.63, 3.8) is 0 Å². The third-order valence-electron chi connectivity index (χ3n) is 2.52. The molecule has 0 N–H and O–H groups in total. The van der Waals surface area contributed by atoms with Gasteiger partial charge in [-0.2, -0.15) is 5.26 Å². The van der Waals surface area contributed by atoms with Crippen LogP contribution in [0.4, 0.5) is 5.69 Å². The molecule has 2 rings (SSSR count). The van der Waals surface area contributed by atoms with Crippen LogP contribution < -0.4 is 4.90 Å². The van der Waals surface area contributed by atoms with Gasteiger partial charge in [0.25, 0.3) is 0 Å². The van der Waals surface area contributed by atoms with Crippen molar-refractivity contribution >= 4 is 16.5 Å². The lowest BCUT2D eigenvalue weighted by atomic mass is 10.2. The van der Waals surface area contributed by atoms with Gasteiger partial charge in [-0.15, -0.1) is 0 Å². The monoisotopic (exact) mass is 220 g/mol. The first-order valence-electron chi connectivity index (χ1n) is 4.90. The Bertz CT molecular complexity index is 415. The van der Waals surface area contributed by atoms with Crippen LogP contribution in [0.3, 0.4) is 0 Å². The summed E-state index contributed by atoms with van der Waals surface area (Å²) in [7, 11) is -0.648. The summed E-state index contributed by atoms with van der Waals surface area (Å²) in [5.41, 5.74) is 1.74. The number of nitrogens with zero attached hydrogens (tertiary/aromatic N) is 2. The van der Waals surface area contributed by atoms with Gasteiger partial charge in [0.2, 0.25) is 0 Å². The molecule has 1 fully saturated rings. The van der Waals surface area contributed by atoms with Gasteiger partial charge < -0.3 is 4.90 Å². The molecule has 0 spiro atoms. The fraction of sp³-hybridized carbons (Fsp3) is 0.364.